The number of carbonyl (C=O) groups is 1. The van der Waals surface area contributed by atoms with Gasteiger partial charge in [-0.3, -0.25) is 4.79 Å². The second kappa shape index (κ2) is 5.77. The van der Waals surface area contributed by atoms with Crippen molar-refractivity contribution in [1.82, 2.24) is 9.88 Å². The van der Waals surface area contributed by atoms with E-state index in [-0.39, 0.29) is 11.5 Å². The van der Waals surface area contributed by atoms with Crippen LogP contribution in [0.1, 0.15) is 33.9 Å². The maximum absolute atomic E-state index is 13.8. The van der Waals surface area contributed by atoms with E-state index in [0.717, 1.165) is 29.5 Å². The highest BCUT2D eigenvalue weighted by Gasteiger charge is 2.24. The Labute approximate surface area is 125 Å². The van der Waals surface area contributed by atoms with E-state index in [0.29, 0.717) is 15.7 Å². The van der Waals surface area contributed by atoms with Gasteiger partial charge in [-0.2, -0.15) is 0 Å². The molecule has 1 unspecified atom stereocenters. The predicted molar refractivity (Wildman–Crippen MR) is 78.1 cm³/mol. The van der Waals surface area contributed by atoms with Crippen LogP contribution in [0.15, 0.2) is 18.2 Å². The molecule has 2 aromatic rings. The van der Waals surface area contributed by atoms with Gasteiger partial charge in [0.2, 0.25) is 0 Å². The molecular formula is C14H15F2N3OS. The number of benzene rings is 1. The van der Waals surface area contributed by atoms with Crippen LogP contribution in [0.3, 0.4) is 0 Å². The second-order valence-electron chi connectivity index (χ2n) is 4.72. The first kappa shape index (κ1) is 15.4. The fourth-order valence-electron chi connectivity index (χ4n) is 2.00. The Morgan fingerprint density at radius 3 is 2.67 bits per heavy atom. The summed E-state index contributed by atoms with van der Waals surface area (Å²) in [6.07, 6.45) is 0. The highest BCUT2D eigenvalue weighted by Crippen LogP contribution is 2.27. The zero-order valence-electron chi connectivity index (χ0n) is 11.9. The number of carbonyl (C=O) groups excluding carboxylic acids is 1. The Balaban J connectivity index is 2.30. The summed E-state index contributed by atoms with van der Waals surface area (Å²) in [4.78, 5) is 18.2. The summed E-state index contributed by atoms with van der Waals surface area (Å²) in [6, 6.07) is 2.57. The number of anilines is 1. The van der Waals surface area contributed by atoms with Gasteiger partial charge in [0.05, 0.1) is 11.7 Å². The minimum Gasteiger partial charge on any atom is -0.375 e. The molecule has 1 amide bonds. The molecule has 2 rings (SSSR count). The van der Waals surface area contributed by atoms with E-state index in [2.05, 4.69) is 4.98 Å². The highest BCUT2D eigenvalue weighted by molar-refractivity contribution is 7.17. The van der Waals surface area contributed by atoms with Crippen molar-refractivity contribution in [3.8, 4) is 0 Å². The van der Waals surface area contributed by atoms with Gasteiger partial charge in [0, 0.05) is 12.6 Å². The third-order valence-corrected chi connectivity index (χ3v) is 4.29. The summed E-state index contributed by atoms with van der Waals surface area (Å²) in [6.45, 7) is 3.32. The number of rotatable bonds is 3. The summed E-state index contributed by atoms with van der Waals surface area (Å²) < 4.78 is 27.1. The summed E-state index contributed by atoms with van der Waals surface area (Å²) in [5.74, 6) is -1.42. The average Bonchev–Trinajstić information content (AvgIpc) is 2.78. The molecule has 0 spiro atoms. The van der Waals surface area contributed by atoms with Gasteiger partial charge >= 0.3 is 0 Å². The molecule has 0 saturated heterocycles. The predicted octanol–water partition coefficient (Wildman–Crippen LogP) is 3.15. The van der Waals surface area contributed by atoms with Gasteiger partial charge in [-0.15, -0.1) is 0 Å². The molecule has 4 nitrogen and oxygen atoms in total. The lowest BCUT2D eigenvalue weighted by molar-refractivity contribution is 0.0744. The van der Waals surface area contributed by atoms with E-state index in [1.807, 2.05) is 0 Å². The Morgan fingerprint density at radius 2 is 2.10 bits per heavy atom. The fraction of sp³-hybridized carbons (Fsp3) is 0.286. The van der Waals surface area contributed by atoms with Crippen molar-refractivity contribution in [3.05, 3.63) is 46.0 Å². The largest absolute Gasteiger partial charge is 0.375 e. The molecule has 0 radical (unpaired) electrons. The van der Waals surface area contributed by atoms with E-state index in [1.54, 1.807) is 13.8 Å². The number of nitrogens with zero attached hydrogens (tertiary/aromatic N) is 2. The van der Waals surface area contributed by atoms with Crippen LogP contribution in [0.25, 0.3) is 0 Å². The first-order chi connectivity index (χ1) is 9.81. The highest BCUT2D eigenvalue weighted by atomic mass is 32.1. The second-order valence-corrected chi connectivity index (χ2v) is 5.76. The van der Waals surface area contributed by atoms with Crippen molar-refractivity contribution in [1.29, 1.82) is 0 Å². The van der Waals surface area contributed by atoms with Crippen LogP contribution >= 0.6 is 11.3 Å². The molecule has 0 saturated carbocycles. The van der Waals surface area contributed by atoms with E-state index in [1.165, 1.54) is 11.9 Å². The van der Waals surface area contributed by atoms with E-state index >= 15 is 0 Å². The number of amides is 1. The molecule has 2 N–H and O–H groups in total. The minimum atomic E-state index is -0.615. The lowest BCUT2D eigenvalue weighted by atomic mass is 10.1. The molecule has 21 heavy (non-hydrogen) atoms. The Kier molecular flexibility index (Phi) is 4.22. The van der Waals surface area contributed by atoms with Gasteiger partial charge in [0.1, 0.15) is 16.5 Å². The zero-order chi connectivity index (χ0) is 15.7. The molecule has 1 aromatic heterocycles. The molecule has 112 valence electrons. The van der Waals surface area contributed by atoms with Crippen LogP contribution in [0, 0.1) is 18.6 Å². The van der Waals surface area contributed by atoms with Crippen LogP contribution in [0.2, 0.25) is 0 Å². The van der Waals surface area contributed by atoms with Gasteiger partial charge in [-0.1, -0.05) is 11.3 Å². The number of hydrogen-bond donors (Lipinski definition) is 1. The van der Waals surface area contributed by atoms with Crippen LogP contribution < -0.4 is 5.73 Å². The maximum Gasteiger partial charge on any atom is 0.266 e. The quantitative estimate of drug-likeness (QED) is 0.947. The van der Waals surface area contributed by atoms with Crippen molar-refractivity contribution >= 4 is 22.4 Å². The minimum absolute atomic E-state index is 0.126. The number of hydrogen-bond acceptors (Lipinski definition) is 4. The molecule has 1 aromatic carbocycles. The average molecular weight is 311 g/mol. The Bertz CT molecular complexity index is 687. The van der Waals surface area contributed by atoms with Crippen molar-refractivity contribution in [2.24, 2.45) is 0 Å². The number of aryl methyl sites for hydroxylation is 1. The SMILES string of the molecule is Cc1nc(N)sc1C(=O)N(C)C(C)c1cc(F)ccc1F. The van der Waals surface area contributed by atoms with Crippen molar-refractivity contribution in [2.75, 3.05) is 12.8 Å². The number of thiazole rings is 1. The van der Waals surface area contributed by atoms with E-state index in [4.69, 9.17) is 5.73 Å². The molecular weight excluding hydrogens is 296 g/mol. The van der Waals surface area contributed by atoms with Crippen LogP contribution in [-0.4, -0.2) is 22.8 Å². The number of halogens is 2. The number of nitrogen functional groups attached to an aromatic ring is 1. The summed E-state index contributed by atoms with van der Waals surface area (Å²) in [5.41, 5.74) is 6.23. The molecule has 1 atom stereocenters. The zero-order valence-corrected chi connectivity index (χ0v) is 12.7. The molecule has 0 aliphatic heterocycles. The summed E-state index contributed by atoms with van der Waals surface area (Å²) >= 11 is 1.08. The molecule has 7 heteroatoms. The first-order valence-corrected chi connectivity index (χ1v) is 7.08. The topological polar surface area (TPSA) is 59.2 Å². The molecule has 0 aliphatic rings. The van der Waals surface area contributed by atoms with Gasteiger partial charge < -0.3 is 10.6 Å². The standard InChI is InChI=1S/C14H15F2N3OS/c1-7-12(21-14(17)18-7)13(20)19(3)8(2)10-6-9(15)4-5-11(10)16/h4-6,8H,1-3H3,(H2,17,18). The normalized spacial score (nSPS) is 12.2. The molecule has 0 aliphatic carbocycles. The third kappa shape index (κ3) is 3.02. The lowest BCUT2D eigenvalue weighted by Gasteiger charge is -2.25. The number of nitrogens with two attached hydrogens (primary N) is 1. The van der Waals surface area contributed by atoms with Crippen LogP contribution in [-0.2, 0) is 0 Å². The third-order valence-electron chi connectivity index (χ3n) is 3.32. The van der Waals surface area contributed by atoms with Crippen molar-refractivity contribution < 1.29 is 13.6 Å². The van der Waals surface area contributed by atoms with Gasteiger partial charge in [-0.25, -0.2) is 13.8 Å². The van der Waals surface area contributed by atoms with E-state index in [9.17, 15) is 13.6 Å². The first-order valence-electron chi connectivity index (χ1n) is 6.26. The monoisotopic (exact) mass is 311 g/mol. The van der Waals surface area contributed by atoms with Crippen LogP contribution in [0.4, 0.5) is 13.9 Å². The summed E-state index contributed by atoms with van der Waals surface area (Å²) in [7, 11) is 1.53. The van der Waals surface area contributed by atoms with Gasteiger partial charge in [0.25, 0.3) is 5.91 Å². The van der Waals surface area contributed by atoms with Crippen molar-refractivity contribution in [3.63, 3.8) is 0 Å². The number of aromatic nitrogens is 1. The lowest BCUT2D eigenvalue weighted by Crippen LogP contribution is -2.30. The molecule has 0 fully saturated rings. The van der Waals surface area contributed by atoms with Gasteiger partial charge in [-0.05, 0) is 32.0 Å². The molecule has 0 bridgehead atoms. The Morgan fingerprint density at radius 1 is 1.43 bits per heavy atom. The van der Waals surface area contributed by atoms with E-state index < -0.39 is 17.7 Å². The van der Waals surface area contributed by atoms with Crippen LogP contribution in [0.5, 0.6) is 0 Å². The summed E-state index contributed by atoms with van der Waals surface area (Å²) in [5, 5.41) is 0.300. The van der Waals surface area contributed by atoms with Crippen molar-refractivity contribution in [2.45, 2.75) is 19.9 Å². The van der Waals surface area contributed by atoms with Gasteiger partial charge in [0.15, 0.2) is 5.13 Å². The fourth-order valence-corrected chi connectivity index (χ4v) is 2.81. The maximum atomic E-state index is 13.8. The molecule has 1 heterocycles. The smallest absolute Gasteiger partial charge is 0.266 e. The Hall–Kier alpha value is -2.02.